The molecule has 6 nitrogen and oxygen atoms in total. The van der Waals surface area contributed by atoms with Crippen LogP contribution < -0.4 is 5.32 Å². The topological polar surface area (TPSA) is 59.4 Å². The first-order valence-corrected chi connectivity index (χ1v) is 10.7. The molecule has 158 valence electrons. The van der Waals surface area contributed by atoms with E-state index in [9.17, 15) is 4.79 Å². The molecule has 0 saturated carbocycles. The minimum Gasteiger partial charge on any atom is -0.379 e. The van der Waals surface area contributed by atoms with Gasteiger partial charge in [0.05, 0.1) is 24.2 Å². The van der Waals surface area contributed by atoms with Crippen LogP contribution in [-0.2, 0) is 4.74 Å². The van der Waals surface area contributed by atoms with Crippen LogP contribution in [0.15, 0.2) is 36.4 Å². The van der Waals surface area contributed by atoms with E-state index in [4.69, 9.17) is 9.72 Å². The molecule has 1 aliphatic heterocycles. The number of carbonyl (C=O) groups is 1. The van der Waals surface area contributed by atoms with Crippen LogP contribution in [0.5, 0.6) is 0 Å². The monoisotopic (exact) mass is 406 g/mol. The zero-order valence-corrected chi connectivity index (χ0v) is 18.1. The quantitative estimate of drug-likeness (QED) is 0.638. The van der Waals surface area contributed by atoms with E-state index in [1.165, 1.54) is 11.1 Å². The average molecular weight is 407 g/mol. The van der Waals surface area contributed by atoms with Crippen LogP contribution in [-0.4, -0.2) is 59.8 Å². The number of nitrogens with one attached hydrogen (secondary N) is 1. The lowest BCUT2D eigenvalue weighted by atomic mass is 10.1. The number of fused-ring (bicyclic) bond motifs is 1. The molecule has 1 aliphatic rings. The smallest absolute Gasteiger partial charge is 0.251 e. The van der Waals surface area contributed by atoms with E-state index in [1.54, 1.807) is 0 Å². The van der Waals surface area contributed by atoms with E-state index in [2.05, 4.69) is 46.8 Å². The van der Waals surface area contributed by atoms with Gasteiger partial charge in [-0.15, -0.1) is 0 Å². The summed E-state index contributed by atoms with van der Waals surface area (Å²) in [6, 6.07) is 12.3. The van der Waals surface area contributed by atoms with Gasteiger partial charge in [-0.25, -0.2) is 4.98 Å². The number of carbonyl (C=O) groups excluding carboxylic acids is 1. The molecule has 0 radical (unpaired) electrons. The first-order chi connectivity index (χ1) is 14.5. The largest absolute Gasteiger partial charge is 0.379 e. The SMILES string of the molecule is Cc1cc(C)cc(-n2c(C)nc3cc(C(=O)NCCCN4CCOCC4)ccc32)c1. The lowest BCUT2D eigenvalue weighted by Gasteiger charge is -2.26. The van der Waals surface area contributed by atoms with Crippen molar-refractivity contribution in [2.75, 3.05) is 39.4 Å². The highest BCUT2D eigenvalue weighted by Crippen LogP contribution is 2.24. The van der Waals surface area contributed by atoms with Crippen molar-refractivity contribution in [1.82, 2.24) is 19.8 Å². The molecule has 1 amide bonds. The fourth-order valence-electron chi connectivity index (χ4n) is 4.18. The number of morpholine rings is 1. The van der Waals surface area contributed by atoms with Gasteiger partial charge in [-0.3, -0.25) is 14.3 Å². The zero-order valence-electron chi connectivity index (χ0n) is 18.1. The molecular formula is C24H30N4O2. The summed E-state index contributed by atoms with van der Waals surface area (Å²) in [4.78, 5) is 19.7. The molecule has 0 bridgehead atoms. The number of hydrogen-bond donors (Lipinski definition) is 1. The summed E-state index contributed by atoms with van der Waals surface area (Å²) in [5, 5.41) is 3.04. The van der Waals surface area contributed by atoms with Gasteiger partial charge in [0.25, 0.3) is 5.91 Å². The maximum atomic E-state index is 12.6. The maximum Gasteiger partial charge on any atom is 0.251 e. The summed E-state index contributed by atoms with van der Waals surface area (Å²) >= 11 is 0. The van der Waals surface area contributed by atoms with Gasteiger partial charge in [-0.1, -0.05) is 6.07 Å². The number of rotatable bonds is 6. The Hall–Kier alpha value is -2.70. The Morgan fingerprint density at radius 2 is 1.80 bits per heavy atom. The Balaban J connectivity index is 1.45. The van der Waals surface area contributed by atoms with Crippen LogP contribution in [0.2, 0.25) is 0 Å². The van der Waals surface area contributed by atoms with Crippen molar-refractivity contribution in [2.45, 2.75) is 27.2 Å². The fourth-order valence-corrected chi connectivity index (χ4v) is 4.18. The molecule has 0 atom stereocenters. The summed E-state index contributed by atoms with van der Waals surface area (Å²) in [7, 11) is 0. The molecule has 4 rings (SSSR count). The second-order valence-electron chi connectivity index (χ2n) is 8.11. The van der Waals surface area contributed by atoms with Crippen LogP contribution >= 0.6 is 0 Å². The van der Waals surface area contributed by atoms with Crippen molar-refractivity contribution in [3.05, 3.63) is 58.9 Å². The fraction of sp³-hybridized carbons (Fsp3) is 0.417. The third-order valence-electron chi connectivity index (χ3n) is 5.59. The number of hydrogen-bond acceptors (Lipinski definition) is 4. The number of nitrogens with zero attached hydrogens (tertiary/aromatic N) is 3. The predicted octanol–water partition coefficient (Wildman–Crippen LogP) is 3.40. The molecule has 0 aliphatic carbocycles. The molecule has 3 aromatic rings. The number of ether oxygens (including phenoxy) is 1. The normalized spacial score (nSPS) is 14.9. The van der Waals surface area contributed by atoms with Gasteiger partial charge in [0.15, 0.2) is 0 Å². The minimum atomic E-state index is -0.0440. The molecule has 30 heavy (non-hydrogen) atoms. The van der Waals surface area contributed by atoms with Gasteiger partial charge >= 0.3 is 0 Å². The molecule has 1 saturated heterocycles. The summed E-state index contributed by atoms with van der Waals surface area (Å²) in [6.07, 6.45) is 0.939. The molecule has 1 aromatic heterocycles. The molecule has 1 N–H and O–H groups in total. The van der Waals surface area contributed by atoms with E-state index in [0.717, 1.165) is 61.8 Å². The van der Waals surface area contributed by atoms with Crippen molar-refractivity contribution in [2.24, 2.45) is 0 Å². The molecule has 2 heterocycles. The second-order valence-corrected chi connectivity index (χ2v) is 8.11. The summed E-state index contributed by atoms with van der Waals surface area (Å²) < 4.78 is 7.52. The molecule has 2 aromatic carbocycles. The number of benzene rings is 2. The van der Waals surface area contributed by atoms with Crippen molar-refractivity contribution in [3.63, 3.8) is 0 Å². The number of aryl methyl sites for hydroxylation is 3. The number of aromatic nitrogens is 2. The van der Waals surface area contributed by atoms with E-state index in [0.29, 0.717) is 12.1 Å². The van der Waals surface area contributed by atoms with Crippen LogP contribution in [0.4, 0.5) is 0 Å². The van der Waals surface area contributed by atoms with Gasteiger partial charge < -0.3 is 10.1 Å². The van der Waals surface area contributed by atoms with Gasteiger partial charge in [-0.05, 0) is 75.2 Å². The van der Waals surface area contributed by atoms with E-state index in [1.807, 2.05) is 25.1 Å². The van der Waals surface area contributed by atoms with E-state index >= 15 is 0 Å². The van der Waals surface area contributed by atoms with E-state index < -0.39 is 0 Å². The van der Waals surface area contributed by atoms with Gasteiger partial charge in [0, 0.05) is 30.9 Å². The lowest BCUT2D eigenvalue weighted by molar-refractivity contribution is 0.0374. The van der Waals surface area contributed by atoms with E-state index in [-0.39, 0.29) is 5.91 Å². The Labute approximate surface area is 177 Å². The Kier molecular flexibility index (Phi) is 6.16. The highest BCUT2D eigenvalue weighted by atomic mass is 16.5. The standard InChI is InChI=1S/C24H30N4O2/c1-17-13-18(2)15-21(14-17)28-19(3)26-22-16-20(5-6-23(22)28)24(29)25-7-4-8-27-9-11-30-12-10-27/h5-6,13-16H,4,7-12H2,1-3H3,(H,25,29). The van der Waals surface area contributed by atoms with Crippen molar-refractivity contribution >= 4 is 16.9 Å². The van der Waals surface area contributed by atoms with Gasteiger partial charge in [-0.2, -0.15) is 0 Å². The van der Waals surface area contributed by atoms with Crippen LogP contribution in [0.3, 0.4) is 0 Å². The highest BCUT2D eigenvalue weighted by Gasteiger charge is 2.14. The number of amides is 1. The Morgan fingerprint density at radius 1 is 1.07 bits per heavy atom. The van der Waals surface area contributed by atoms with Gasteiger partial charge in [0.1, 0.15) is 5.82 Å². The van der Waals surface area contributed by atoms with Crippen molar-refractivity contribution in [1.29, 1.82) is 0 Å². The molecule has 0 unspecified atom stereocenters. The van der Waals surface area contributed by atoms with Crippen LogP contribution in [0, 0.1) is 20.8 Å². The first-order valence-electron chi connectivity index (χ1n) is 10.7. The van der Waals surface area contributed by atoms with Crippen LogP contribution in [0.25, 0.3) is 16.7 Å². The van der Waals surface area contributed by atoms with Crippen LogP contribution in [0.1, 0.15) is 33.7 Å². The van der Waals surface area contributed by atoms with Crippen molar-refractivity contribution < 1.29 is 9.53 Å². The number of imidazole rings is 1. The molecule has 6 heteroatoms. The summed E-state index contributed by atoms with van der Waals surface area (Å²) in [6.45, 7) is 11.4. The third-order valence-corrected chi connectivity index (χ3v) is 5.59. The minimum absolute atomic E-state index is 0.0440. The van der Waals surface area contributed by atoms with Crippen molar-refractivity contribution in [3.8, 4) is 5.69 Å². The highest BCUT2D eigenvalue weighted by molar-refractivity contribution is 5.97. The first kappa shape index (κ1) is 20.6. The molecular weight excluding hydrogens is 376 g/mol. The Morgan fingerprint density at radius 3 is 2.53 bits per heavy atom. The Bertz CT molecular complexity index is 1030. The molecule has 0 spiro atoms. The predicted molar refractivity (Wildman–Crippen MR) is 119 cm³/mol. The molecule has 1 fully saturated rings. The lowest BCUT2D eigenvalue weighted by Crippen LogP contribution is -2.38. The van der Waals surface area contributed by atoms with Gasteiger partial charge in [0.2, 0.25) is 0 Å². The third kappa shape index (κ3) is 4.55. The average Bonchev–Trinajstić information content (AvgIpc) is 3.06. The summed E-state index contributed by atoms with van der Waals surface area (Å²) in [5.41, 5.74) is 6.06. The maximum absolute atomic E-state index is 12.6. The zero-order chi connectivity index (χ0) is 21.1. The summed E-state index contributed by atoms with van der Waals surface area (Å²) in [5.74, 6) is 0.871. The second kappa shape index (κ2) is 8.98.